The maximum absolute atomic E-state index is 11.5. The van der Waals surface area contributed by atoms with Crippen LogP contribution in [-0.2, 0) is 9.47 Å². The van der Waals surface area contributed by atoms with E-state index in [4.69, 9.17) is 14.7 Å². The predicted octanol–water partition coefficient (Wildman–Crippen LogP) is 1.59. The predicted molar refractivity (Wildman–Crippen MR) is 63.5 cm³/mol. The fourth-order valence-electron chi connectivity index (χ4n) is 1.96. The SMILES string of the molecule is N#CCN1CC(OC2CCCCO2)CSC1=O. The second-order valence-electron chi connectivity index (χ2n) is 4.17. The molecule has 0 aromatic carbocycles. The first-order valence-corrected chi connectivity index (χ1v) is 6.84. The Morgan fingerprint density at radius 3 is 3.18 bits per heavy atom. The topological polar surface area (TPSA) is 62.6 Å². The Bertz CT molecular complexity index is 312. The molecule has 17 heavy (non-hydrogen) atoms. The lowest BCUT2D eigenvalue weighted by Crippen LogP contribution is -2.44. The number of nitrogens with zero attached hydrogens (tertiary/aromatic N) is 2. The van der Waals surface area contributed by atoms with Crippen molar-refractivity contribution in [1.29, 1.82) is 5.26 Å². The maximum Gasteiger partial charge on any atom is 0.282 e. The van der Waals surface area contributed by atoms with Gasteiger partial charge in [-0.05, 0) is 19.3 Å². The second-order valence-corrected chi connectivity index (χ2v) is 5.14. The number of ether oxygens (including phenoxy) is 2. The zero-order valence-corrected chi connectivity index (χ0v) is 10.4. The summed E-state index contributed by atoms with van der Waals surface area (Å²) in [5.74, 6) is 0.653. The van der Waals surface area contributed by atoms with Crippen LogP contribution >= 0.6 is 11.8 Å². The summed E-state index contributed by atoms with van der Waals surface area (Å²) in [5.41, 5.74) is 0. The van der Waals surface area contributed by atoms with Gasteiger partial charge in [0.2, 0.25) is 0 Å². The van der Waals surface area contributed by atoms with Crippen LogP contribution in [0.2, 0.25) is 0 Å². The second kappa shape index (κ2) is 6.24. The average Bonchev–Trinajstić information content (AvgIpc) is 2.35. The molecule has 2 fully saturated rings. The molecule has 5 nitrogen and oxygen atoms in total. The first kappa shape index (κ1) is 12.7. The molecule has 0 aromatic rings. The Balaban J connectivity index is 1.81. The van der Waals surface area contributed by atoms with Gasteiger partial charge in [0.1, 0.15) is 6.54 Å². The van der Waals surface area contributed by atoms with E-state index >= 15 is 0 Å². The fourth-order valence-corrected chi connectivity index (χ4v) is 2.79. The molecule has 2 atom stereocenters. The van der Waals surface area contributed by atoms with Crippen LogP contribution in [-0.4, -0.2) is 48.0 Å². The van der Waals surface area contributed by atoms with Crippen LogP contribution in [0.1, 0.15) is 19.3 Å². The average molecular weight is 256 g/mol. The number of rotatable bonds is 3. The lowest BCUT2D eigenvalue weighted by atomic mass is 10.2. The molecule has 2 aliphatic heterocycles. The van der Waals surface area contributed by atoms with Gasteiger partial charge in [0.25, 0.3) is 5.24 Å². The number of hydrogen-bond donors (Lipinski definition) is 0. The van der Waals surface area contributed by atoms with Gasteiger partial charge >= 0.3 is 0 Å². The van der Waals surface area contributed by atoms with Crippen LogP contribution in [0, 0.1) is 11.3 Å². The van der Waals surface area contributed by atoms with E-state index in [0.29, 0.717) is 12.3 Å². The van der Waals surface area contributed by atoms with Crippen molar-refractivity contribution in [2.75, 3.05) is 25.4 Å². The minimum Gasteiger partial charge on any atom is -0.353 e. The molecule has 0 saturated carbocycles. The summed E-state index contributed by atoms with van der Waals surface area (Å²) in [4.78, 5) is 13.0. The van der Waals surface area contributed by atoms with Crippen molar-refractivity contribution in [2.45, 2.75) is 31.7 Å². The highest BCUT2D eigenvalue weighted by molar-refractivity contribution is 8.13. The van der Waals surface area contributed by atoms with Crippen LogP contribution in [0.5, 0.6) is 0 Å². The quantitative estimate of drug-likeness (QED) is 0.718. The lowest BCUT2D eigenvalue weighted by molar-refractivity contribution is -0.185. The number of thioether (sulfide) groups is 1. The molecule has 2 saturated heterocycles. The highest BCUT2D eigenvalue weighted by Gasteiger charge is 2.29. The van der Waals surface area contributed by atoms with Gasteiger partial charge in [-0.25, -0.2) is 0 Å². The van der Waals surface area contributed by atoms with Gasteiger partial charge in [0.15, 0.2) is 6.29 Å². The Morgan fingerprint density at radius 2 is 2.47 bits per heavy atom. The van der Waals surface area contributed by atoms with Crippen LogP contribution in [0.4, 0.5) is 4.79 Å². The van der Waals surface area contributed by atoms with E-state index in [9.17, 15) is 4.79 Å². The molecule has 94 valence electrons. The summed E-state index contributed by atoms with van der Waals surface area (Å²) in [6.45, 7) is 1.39. The zero-order chi connectivity index (χ0) is 12.1. The largest absolute Gasteiger partial charge is 0.353 e. The molecular weight excluding hydrogens is 240 g/mol. The summed E-state index contributed by atoms with van der Waals surface area (Å²) < 4.78 is 11.3. The number of nitriles is 1. The smallest absolute Gasteiger partial charge is 0.282 e. The first-order valence-electron chi connectivity index (χ1n) is 5.85. The molecule has 0 radical (unpaired) electrons. The van der Waals surface area contributed by atoms with E-state index in [1.807, 2.05) is 6.07 Å². The minimum atomic E-state index is -0.133. The van der Waals surface area contributed by atoms with Crippen LogP contribution in [0.25, 0.3) is 0 Å². The highest BCUT2D eigenvalue weighted by Crippen LogP contribution is 2.23. The van der Waals surface area contributed by atoms with Crippen molar-refractivity contribution >= 4 is 17.0 Å². The standard InChI is InChI=1S/C11H16N2O3S/c12-4-5-13-7-9(8-17-11(13)14)16-10-3-1-2-6-15-10/h9-10H,1-3,5-8H2. The first-order chi connectivity index (χ1) is 8.29. The van der Waals surface area contributed by atoms with Gasteiger partial charge in [0, 0.05) is 18.9 Å². The molecule has 2 unspecified atom stereocenters. The van der Waals surface area contributed by atoms with E-state index in [1.54, 1.807) is 0 Å². The van der Waals surface area contributed by atoms with Crippen molar-refractivity contribution in [2.24, 2.45) is 0 Å². The van der Waals surface area contributed by atoms with E-state index in [-0.39, 0.29) is 24.2 Å². The Kier molecular flexibility index (Phi) is 4.66. The number of amides is 1. The van der Waals surface area contributed by atoms with Crippen LogP contribution in [0.15, 0.2) is 0 Å². The summed E-state index contributed by atoms with van der Waals surface area (Å²) in [6, 6.07) is 2.00. The Labute approximate surface area is 105 Å². The molecule has 2 aliphatic rings. The maximum atomic E-state index is 11.5. The van der Waals surface area contributed by atoms with Crippen LogP contribution in [0.3, 0.4) is 0 Å². The third kappa shape index (κ3) is 3.60. The van der Waals surface area contributed by atoms with E-state index in [0.717, 1.165) is 25.9 Å². The molecule has 6 heteroatoms. The van der Waals surface area contributed by atoms with Gasteiger partial charge in [-0.3, -0.25) is 4.79 Å². The van der Waals surface area contributed by atoms with Gasteiger partial charge in [-0.15, -0.1) is 0 Å². The molecule has 0 aliphatic carbocycles. The van der Waals surface area contributed by atoms with Gasteiger partial charge in [0.05, 0.1) is 12.2 Å². The summed E-state index contributed by atoms with van der Waals surface area (Å²) in [6.07, 6.45) is 3.00. The summed E-state index contributed by atoms with van der Waals surface area (Å²) >= 11 is 1.22. The Morgan fingerprint density at radius 1 is 1.59 bits per heavy atom. The van der Waals surface area contributed by atoms with Gasteiger partial charge < -0.3 is 14.4 Å². The highest BCUT2D eigenvalue weighted by atomic mass is 32.2. The lowest BCUT2D eigenvalue weighted by Gasteiger charge is -2.33. The molecule has 0 spiro atoms. The summed E-state index contributed by atoms with van der Waals surface area (Å²) in [7, 11) is 0. The fraction of sp³-hybridized carbons (Fsp3) is 0.818. The van der Waals surface area contributed by atoms with E-state index < -0.39 is 0 Å². The summed E-state index contributed by atoms with van der Waals surface area (Å²) in [5, 5.41) is 8.59. The van der Waals surface area contributed by atoms with Crippen molar-refractivity contribution in [3.05, 3.63) is 0 Å². The van der Waals surface area contributed by atoms with Crippen LogP contribution < -0.4 is 0 Å². The van der Waals surface area contributed by atoms with Crippen molar-refractivity contribution in [3.63, 3.8) is 0 Å². The van der Waals surface area contributed by atoms with Crippen molar-refractivity contribution < 1.29 is 14.3 Å². The molecule has 0 N–H and O–H groups in total. The van der Waals surface area contributed by atoms with E-state index in [1.165, 1.54) is 16.7 Å². The van der Waals surface area contributed by atoms with Crippen molar-refractivity contribution in [1.82, 2.24) is 4.90 Å². The van der Waals surface area contributed by atoms with Gasteiger partial charge in [-0.2, -0.15) is 5.26 Å². The Hall–Kier alpha value is -0.770. The monoisotopic (exact) mass is 256 g/mol. The normalized spacial score (nSPS) is 30.1. The molecule has 2 heterocycles. The van der Waals surface area contributed by atoms with Gasteiger partial charge in [-0.1, -0.05) is 11.8 Å². The number of carbonyl (C=O) groups excluding carboxylic acids is 1. The zero-order valence-electron chi connectivity index (χ0n) is 9.63. The molecule has 2 rings (SSSR count). The molecule has 0 bridgehead atoms. The van der Waals surface area contributed by atoms with E-state index in [2.05, 4.69) is 0 Å². The number of carbonyl (C=O) groups is 1. The third-order valence-electron chi connectivity index (χ3n) is 2.82. The molecule has 0 aromatic heterocycles. The minimum absolute atomic E-state index is 0.0193. The van der Waals surface area contributed by atoms with Crippen molar-refractivity contribution in [3.8, 4) is 6.07 Å². The number of hydrogen-bond acceptors (Lipinski definition) is 5. The molecule has 1 amide bonds. The molecular formula is C11H16N2O3S. The third-order valence-corrected chi connectivity index (χ3v) is 3.86.